The number of rotatable bonds is 2. The number of terminal acetylenes is 1. The summed E-state index contributed by atoms with van der Waals surface area (Å²) >= 11 is 3.48. The molecule has 0 aliphatic heterocycles. The first-order chi connectivity index (χ1) is 12.2. The van der Waals surface area contributed by atoms with Crippen LogP contribution in [0.5, 0.6) is 0 Å². The molecule has 3 aromatic rings. The van der Waals surface area contributed by atoms with Crippen LogP contribution < -0.4 is 0 Å². The van der Waals surface area contributed by atoms with E-state index in [-0.39, 0.29) is 17.6 Å². The maximum Gasteiger partial charge on any atom is 0.193 e. The summed E-state index contributed by atoms with van der Waals surface area (Å²) in [4.78, 5) is 12.9. The standard InChI is InChI=1S/C23H15BrO/c1-2-17(15-11-13-16(24)14-12-15)22-18-7-3-5-9-20(18)23(25)21-10-6-4-8-19(21)22/h1,3-14,17,22H/t17-/m1/s1. The van der Waals surface area contributed by atoms with E-state index in [1.54, 1.807) is 0 Å². The van der Waals surface area contributed by atoms with Crippen LogP contribution in [0, 0.1) is 12.3 Å². The number of carbonyl (C=O) groups excluding carboxylic acids is 1. The number of ketones is 1. The van der Waals surface area contributed by atoms with Crippen molar-refractivity contribution in [3.63, 3.8) is 0 Å². The van der Waals surface area contributed by atoms with Crippen LogP contribution in [0.4, 0.5) is 0 Å². The van der Waals surface area contributed by atoms with Gasteiger partial charge in [-0.2, -0.15) is 0 Å². The van der Waals surface area contributed by atoms with Gasteiger partial charge in [0.1, 0.15) is 0 Å². The molecule has 4 rings (SSSR count). The van der Waals surface area contributed by atoms with Crippen LogP contribution >= 0.6 is 15.9 Å². The van der Waals surface area contributed by atoms with Gasteiger partial charge in [-0.15, -0.1) is 6.42 Å². The fourth-order valence-electron chi connectivity index (χ4n) is 3.68. The molecule has 0 saturated heterocycles. The first-order valence-corrected chi connectivity index (χ1v) is 8.94. The van der Waals surface area contributed by atoms with Gasteiger partial charge in [-0.25, -0.2) is 0 Å². The third-order valence-electron chi connectivity index (χ3n) is 4.82. The molecule has 0 heterocycles. The molecule has 25 heavy (non-hydrogen) atoms. The highest BCUT2D eigenvalue weighted by molar-refractivity contribution is 9.10. The molecule has 0 aromatic heterocycles. The van der Waals surface area contributed by atoms with Crippen LogP contribution in [-0.2, 0) is 0 Å². The van der Waals surface area contributed by atoms with E-state index in [2.05, 4.69) is 34.0 Å². The number of fused-ring (bicyclic) bond motifs is 2. The minimum absolute atomic E-state index is 0.0312. The zero-order valence-corrected chi connectivity index (χ0v) is 15.0. The van der Waals surface area contributed by atoms with Crippen molar-refractivity contribution < 1.29 is 4.79 Å². The molecule has 0 bridgehead atoms. The average molecular weight is 387 g/mol. The molecule has 0 amide bonds. The number of hydrogen-bond acceptors (Lipinski definition) is 1. The molecule has 2 heteroatoms. The van der Waals surface area contributed by atoms with Crippen molar-refractivity contribution in [1.82, 2.24) is 0 Å². The van der Waals surface area contributed by atoms with Gasteiger partial charge >= 0.3 is 0 Å². The summed E-state index contributed by atoms with van der Waals surface area (Å²) in [7, 11) is 0. The Morgan fingerprint density at radius 2 is 1.36 bits per heavy atom. The highest BCUT2D eigenvalue weighted by Gasteiger charge is 2.35. The van der Waals surface area contributed by atoms with Crippen LogP contribution in [0.3, 0.4) is 0 Å². The molecule has 0 radical (unpaired) electrons. The second-order valence-corrected chi connectivity index (χ2v) is 7.09. The summed E-state index contributed by atoms with van der Waals surface area (Å²) < 4.78 is 1.02. The Bertz CT molecular complexity index is 946. The Balaban J connectivity index is 1.95. The molecule has 1 nitrogen and oxygen atoms in total. The molecule has 1 aliphatic rings. The van der Waals surface area contributed by atoms with Crippen LogP contribution in [0.15, 0.2) is 77.3 Å². The minimum atomic E-state index is -0.136. The fourth-order valence-corrected chi connectivity index (χ4v) is 3.94. The van der Waals surface area contributed by atoms with Gasteiger partial charge < -0.3 is 0 Å². The van der Waals surface area contributed by atoms with E-state index in [1.807, 2.05) is 60.7 Å². The molecular formula is C23H15BrO. The monoisotopic (exact) mass is 386 g/mol. The zero-order chi connectivity index (χ0) is 17.4. The molecule has 3 aromatic carbocycles. The van der Waals surface area contributed by atoms with Crippen molar-refractivity contribution >= 4 is 21.7 Å². The third-order valence-corrected chi connectivity index (χ3v) is 5.35. The Kier molecular flexibility index (Phi) is 4.03. The first-order valence-electron chi connectivity index (χ1n) is 8.15. The molecule has 1 aliphatic carbocycles. The van der Waals surface area contributed by atoms with Crippen molar-refractivity contribution in [2.45, 2.75) is 11.8 Å². The lowest BCUT2D eigenvalue weighted by Gasteiger charge is -2.31. The van der Waals surface area contributed by atoms with Gasteiger partial charge in [-0.1, -0.05) is 82.5 Å². The molecule has 0 N–H and O–H groups in total. The quantitative estimate of drug-likeness (QED) is 0.528. The Morgan fingerprint density at radius 1 is 0.840 bits per heavy atom. The summed E-state index contributed by atoms with van der Waals surface area (Å²) in [5, 5.41) is 0. The van der Waals surface area contributed by atoms with Crippen LogP contribution in [0.2, 0.25) is 0 Å². The van der Waals surface area contributed by atoms with E-state index < -0.39 is 0 Å². The Labute approximate surface area is 155 Å². The van der Waals surface area contributed by atoms with Gasteiger partial charge in [-0.05, 0) is 28.8 Å². The van der Waals surface area contributed by atoms with E-state index in [9.17, 15) is 4.79 Å². The summed E-state index contributed by atoms with van der Waals surface area (Å²) in [6, 6.07) is 23.7. The lowest BCUT2D eigenvalue weighted by molar-refractivity contribution is 0.103. The van der Waals surface area contributed by atoms with Crippen molar-refractivity contribution in [3.8, 4) is 12.3 Å². The molecular weight excluding hydrogens is 372 g/mol. The van der Waals surface area contributed by atoms with E-state index in [1.165, 1.54) is 0 Å². The minimum Gasteiger partial charge on any atom is -0.289 e. The normalized spacial score (nSPS) is 14.3. The maximum absolute atomic E-state index is 12.9. The first kappa shape index (κ1) is 15.9. The van der Waals surface area contributed by atoms with Crippen molar-refractivity contribution in [2.24, 2.45) is 0 Å². The second kappa shape index (κ2) is 6.35. The van der Waals surface area contributed by atoms with Gasteiger partial charge in [0, 0.05) is 21.5 Å². The molecule has 0 saturated carbocycles. The fraction of sp³-hybridized carbons (Fsp3) is 0.0870. The Morgan fingerprint density at radius 3 is 1.88 bits per heavy atom. The number of hydrogen-bond donors (Lipinski definition) is 0. The molecule has 0 unspecified atom stereocenters. The van der Waals surface area contributed by atoms with Crippen LogP contribution in [0.25, 0.3) is 0 Å². The number of benzene rings is 3. The summed E-state index contributed by atoms with van der Waals surface area (Å²) in [6.45, 7) is 0. The van der Waals surface area contributed by atoms with Gasteiger partial charge in [0.25, 0.3) is 0 Å². The summed E-state index contributed by atoms with van der Waals surface area (Å²) in [5.74, 6) is 2.89. The SMILES string of the molecule is C#C[C@H](c1ccc(Br)cc1)C1c2ccccc2C(=O)c2ccccc21. The van der Waals surface area contributed by atoms with Crippen molar-refractivity contribution in [3.05, 3.63) is 105 Å². The van der Waals surface area contributed by atoms with Gasteiger partial charge in [0.15, 0.2) is 5.78 Å². The van der Waals surface area contributed by atoms with E-state index in [4.69, 9.17) is 6.42 Å². The van der Waals surface area contributed by atoms with Crippen molar-refractivity contribution in [2.75, 3.05) is 0 Å². The summed E-state index contributed by atoms with van der Waals surface area (Å²) in [5.41, 5.74) is 4.61. The average Bonchev–Trinajstić information content (AvgIpc) is 2.66. The molecule has 0 spiro atoms. The maximum atomic E-state index is 12.9. The van der Waals surface area contributed by atoms with E-state index in [0.29, 0.717) is 0 Å². The molecule has 1 atom stereocenters. The van der Waals surface area contributed by atoms with Crippen LogP contribution in [0.1, 0.15) is 44.4 Å². The highest BCUT2D eigenvalue weighted by Crippen LogP contribution is 2.44. The summed E-state index contributed by atoms with van der Waals surface area (Å²) in [6.07, 6.45) is 5.98. The third kappa shape index (κ3) is 2.62. The largest absolute Gasteiger partial charge is 0.289 e. The highest BCUT2D eigenvalue weighted by atomic mass is 79.9. The van der Waals surface area contributed by atoms with Crippen molar-refractivity contribution in [1.29, 1.82) is 0 Å². The number of carbonyl (C=O) groups is 1. The topological polar surface area (TPSA) is 17.1 Å². The Hall–Kier alpha value is -2.63. The van der Waals surface area contributed by atoms with Gasteiger partial charge in [0.05, 0.1) is 5.92 Å². The predicted octanol–water partition coefficient (Wildman–Crippen LogP) is 5.54. The lowest BCUT2D eigenvalue weighted by Crippen LogP contribution is -2.23. The molecule has 120 valence electrons. The lowest BCUT2D eigenvalue weighted by atomic mass is 9.70. The van der Waals surface area contributed by atoms with E-state index in [0.717, 1.165) is 32.3 Å². The smallest absolute Gasteiger partial charge is 0.193 e. The molecule has 0 fully saturated rings. The second-order valence-electron chi connectivity index (χ2n) is 6.18. The van der Waals surface area contributed by atoms with E-state index >= 15 is 0 Å². The predicted molar refractivity (Wildman–Crippen MR) is 104 cm³/mol. The van der Waals surface area contributed by atoms with Crippen LogP contribution in [-0.4, -0.2) is 5.78 Å². The van der Waals surface area contributed by atoms with Gasteiger partial charge in [0.2, 0.25) is 0 Å². The zero-order valence-electron chi connectivity index (χ0n) is 13.4. The van der Waals surface area contributed by atoms with Gasteiger partial charge in [-0.3, -0.25) is 4.79 Å². The number of halogens is 1.